The molecule has 0 unspecified atom stereocenters. The van der Waals surface area contributed by atoms with Crippen molar-refractivity contribution in [1.82, 2.24) is 0 Å². The fourth-order valence-electron chi connectivity index (χ4n) is 2.11. The Morgan fingerprint density at radius 3 is 2.15 bits per heavy atom. The average Bonchev–Trinajstić information content (AvgIpc) is 2.48. The maximum atomic E-state index is 10.6. The summed E-state index contributed by atoms with van der Waals surface area (Å²) < 4.78 is 0. The van der Waals surface area contributed by atoms with Crippen LogP contribution in [-0.4, -0.2) is 11.1 Å². The molecule has 0 atom stereocenters. The molecule has 0 amide bonds. The first kappa shape index (κ1) is 14.1. The molecule has 0 bridgehead atoms. The van der Waals surface area contributed by atoms with Crippen LogP contribution in [0.1, 0.15) is 18.4 Å². The van der Waals surface area contributed by atoms with Crippen LogP contribution in [0.3, 0.4) is 0 Å². The van der Waals surface area contributed by atoms with Crippen molar-refractivity contribution in [2.75, 3.05) is 0 Å². The summed E-state index contributed by atoms with van der Waals surface area (Å²) in [6.07, 6.45) is 2.23. The van der Waals surface area contributed by atoms with Crippen molar-refractivity contribution in [1.29, 1.82) is 0 Å². The van der Waals surface area contributed by atoms with Crippen molar-refractivity contribution >= 4 is 5.97 Å². The fourth-order valence-corrected chi connectivity index (χ4v) is 2.11. The summed E-state index contributed by atoms with van der Waals surface area (Å²) in [6, 6.07) is 18.7. The predicted molar refractivity (Wildman–Crippen MR) is 81.6 cm³/mol. The van der Waals surface area contributed by atoms with Crippen molar-refractivity contribution in [3.05, 3.63) is 72.3 Å². The largest absolute Gasteiger partial charge is 0.478 e. The predicted octanol–water partition coefficient (Wildman–Crippen LogP) is 4.32. The third-order valence-corrected chi connectivity index (χ3v) is 3.31. The molecule has 102 valence electrons. The summed E-state index contributed by atoms with van der Waals surface area (Å²) in [5, 5.41) is 8.74. The Balaban J connectivity index is 1.92. The molecule has 0 radical (unpaired) electrons. The smallest absolute Gasteiger partial charge is 0.330 e. The zero-order valence-electron chi connectivity index (χ0n) is 11.4. The van der Waals surface area contributed by atoms with Crippen LogP contribution in [0.5, 0.6) is 0 Å². The minimum Gasteiger partial charge on any atom is -0.478 e. The van der Waals surface area contributed by atoms with Crippen LogP contribution in [0.15, 0.2) is 66.7 Å². The molecule has 0 aliphatic carbocycles. The number of hydrogen-bond acceptors (Lipinski definition) is 1. The van der Waals surface area contributed by atoms with Gasteiger partial charge in [-0.1, -0.05) is 61.2 Å². The summed E-state index contributed by atoms with van der Waals surface area (Å²) in [4.78, 5) is 10.6. The van der Waals surface area contributed by atoms with E-state index in [2.05, 4.69) is 43.0 Å². The molecule has 0 saturated heterocycles. The number of carboxylic acid groups (broad SMARTS) is 1. The van der Waals surface area contributed by atoms with Gasteiger partial charge in [0.25, 0.3) is 0 Å². The van der Waals surface area contributed by atoms with Crippen LogP contribution in [-0.2, 0) is 11.2 Å². The number of carboxylic acids is 1. The first-order valence-electron chi connectivity index (χ1n) is 6.72. The molecular formula is C18H18O2. The highest BCUT2D eigenvalue weighted by Gasteiger charge is 2.03. The molecule has 20 heavy (non-hydrogen) atoms. The molecule has 2 aromatic rings. The lowest BCUT2D eigenvalue weighted by Crippen LogP contribution is -1.99. The van der Waals surface area contributed by atoms with E-state index in [9.17, 15) is 4.79 Å². The van der Waals surface area contributed by atoms with Gasteiger partial charge in [0, 0.05) is 5.57 Å². The van der Waals surface area contributed by atoms with Gasteiger partial charge in [0.15, 0.2) is 0 Å². The number of aliphatic carboxylic acids is 1. The first-order chi connectivity index (χ1) is 9.66. The Bertz CT molecular complexity index is 583. The number of hydrogen-bond donors (Lipinski definition) is 1. The molecular weight excluding hydrogens is 248 g/mol. The summed E-state index contributed by atoms with van der Waals surface area (Å²) in [5.41, 5.74) is 3.91. The van der Waals surface area contributed by atoms with Gasteiger partial charge in [-0.15, -0.1) is 0 Å². The van der Waals surface area contributed by atoms with E-state index in [1.54, 1.807) is 0 Å². The molecule has 2 heteroatoms. The molecule has 2 nitrogen and oxygen atoms in total. The highest BCUT2D eigenvalue weighted by Crippen LogP contribution is 2.20. The van der Waals surface area contributed by atoms with E-state index >= 15 is 0 Å². The minimum absolute atomic E-state index is 0.283. The number of rotatable bonds is 6. The average molecular weight is 266 g/mol. The highest BCUT2D eigenvalue weighted by molar-refractivity contribution is 5.85. The van der Waals surface area contributed by atoms with Gasteiger partial charge in [0.05, 0.1) is 0 Å². The molecule has 2 aromatic carbocycles. The molecule has 0 heterocycles. The third kappa shape index (κ3) is 3.82. The summed E-state index contributed by atoms with van der Waals surface area (Å²) in [7, 11) is 0. The molecule has 1 N–H and O–H groups in total. The summed E-state index contributed by atoms with van der Waals surface area (Å²) >= 11 is 0. The van der Waals surface area contributed by atoms with Crippen molar-refractivity contribution in [2.45, 2.75) is 19.3 Å². The van der Waals surface area contributed by atoms with Crippen molar-refractivity contribution in [3.63, 3.8) is 0 Å². The van der Waals surface area contributed by atoms with Crippen LogP contribution < -0.4 is 0 Å². The van der Waals surface area contributed by atoms with Gasteiger partial charge in [0.1, 0.15) is 0 Å². The van der Waals surface area contributed by atoms with Crippen LogP contribution in [0.4, 0.5) is 0 Å². The summed E-state index contributed by atoms with van der Waals surface area (Å²) in [5.74, 6) is -0.899. The maximum Gasteiger partial charge on any atom is 0.330 e. The SMILES string of the molecule is C=C(CCCc1ccc(-c2ccccc2)cc1)C(=O)O. The van der Waals surface area contributed by atoms with E-state index in [-0.39, 0.29) is 5.57 Å². The van der Waals surface area contributed by atoms with Gasteiger partial charge in [-0.3, -0.25) is 0 Å². The Morgan fingerprint density at radius 2 is 1.55 bits per heavy atom. The van der Waals surface area contributed by atoms with Gasteiger partial charge in [-0.25, -0.2) is 4.79 Å². The van der Waals surface area contributed by atoms with Crippen LogP contribution in [0.25, 0.3) is 11.1 Å². The lowest BCUT2D eigenvalue weighted by Gasteiger charge is -2.05. The second-order valence-corrected chi connectivity index (χ2v) is 4.83. The van der Waals surface area contributed by atoms with E-state index in [0.717, 1.165) is 12.8 Å². The molecule has 0 aliphatic rings. The molecule has 0 aromatic heterocycles. The van der Waals surface area contributed by atoms with Gasteiger partial charge < -0.3 is 5.11 Å². The van der Waals surface area contributed by atoms with Crippen molar-refractivity contribution in [3.8, 4) is 11.1 Å². The maximum absolute atomic E-state index is 10.6. The molecule has 0 saturated carbocycles. The lowest BCUT2D eigenvalue weighted by molar-refractivity contribution is -0.132. The molecule has 2 rings (SSSR count). The standard InChI is InChI=1S/C18H18O2/c1-14(18(19)20)6-5-7-15-10-12-17(13-11-15)16-8-3-2-4-9-16/h2-4,8-13H,1,5-7H2,(H,19,20). The van der Waals surface area contributed by atoms with Crippen LogP contribution in [0.2, 0.25) is 0 Å². The number of aryl methyl sites for hydroxylation is 1. The number of benzene rings is 2. The minimum atomic E-state index is -0.899. The zero-order valence-corrected chi connectivity index (χ0v) is 11.4. The quantitative estimate of drug-likeness (QED) is 0.791. The topological polar surface area (TPSA) is 37.3 Å². The van der Waals surface area contributed by atoms with E-state index in [1.807, 2.05) is 18.2 Å². The van der Waals surface area contributed by atoms with Gasteiger partial charge in [-0.2, -0.15) is 0 Å². The fraction of sp³-hybridized carbons (Fsp3) is 0.167. The van der Waals surface area contributed by atoms with E-state index in [4.69, 9.17) is 5.11 Å². The Hall–Kier alpha value is -2.35. The highest BCUT2D eigenvalue weighted by atomic mass is 16.4. The molecule has 0 fully saturated rings. The third-order valence-electron chi connectivity index (χ3n) is 3.31. The zero-order chi connectivity index (χ0) is 14.4. The van der Waals surface area contributed by atoms with Gasteiger partial charge >= 0.3 is 5.97 Å². The first-order valence-corrected chi connectivity index (χ1v) is 6.72. The van der Waals surface area contributed by atoms with Crippen LogP contribution in [0, 0.1) is 0 Å². The van der Waals surface area contributed by atoms with Gasteiger partial charge in [-0.05, 0) is 36.0 Å². The lowest BCUT2D eigenvalue weighted by atomic mass is 10.0. The second kappa shape index (κ2) is 6.71. The summed E-state index contributed by atoms with van der Waals surface area (Å²) in [6.45, 7) is 3.54. The van der Waals surface area contributed by atoms with E-state index < -0.39 is 5.97 Å². The van der Waals surface area contributed by atoms with Crippen LogP contribution >= 0.6 is 0 Å². The normalized spacial score (nSPS) is 10.2. The Morgan fingerprint density at radius 1 is 0.950 bits per heavy atom. The van der Waals surface area contributed by atoms with Crippen molar-refractivity contribution in [2.24, 2.45) is 0 Å². The Kier molecular flexibility index (Phi) is 4.72. The van der Waals surface area contributed by atoms with E-state index in [0.29, 0.717) is 6.42 Å². The number of carbonyl (C=O) groups is 1. The van der Waals surface area contributed by atoms with E-state index in [1.165, 1.54) is 16.7 Å². The second-order valence-electron chi connectivity index (χ2n) is 4.83. The van der Waals surface area contributed by atoms with Crippen molar-refractivity contribution < 1.29 is 9.90 Å². The monoisotopic (exact) mass is 266 g/mol. The molecule has 0 aliphatic heterocycles. The van der Waals surface area contributed by atoms with Gasteiger partial charge in [0.2, 0.25) is 0 Å². The molecule has 0 spiro atoms. The Labute approximate surface area is 119 Å².